The van der Waals surface area contributed by atoms with Gasteiger partial charge in [-0.05, 0) is 35.3 Å². The van der Waals surface area contributed by atoms with Crippen molar-refractivity contribution in [2.75, 3.05) is 19.1 Å². The van der Waals surface area contributed by atoms with E-state index < -0.39 is 18.1 Å². The van der Waals surface area contributed by atoms with E-state index >= 15 is 0 Å². The second kappa shape index (κ2) is 11.1. The van der Waals surface area contributed by atoms with E-state index in [1.54, 1.807) is 0 Å². The van der Waals surface area contributed by atoms with Crippen molar-refractivity contribution >= 4 is 40.3 Å². The van der Waals surface area contributed by atoms with Gasteiger partial charge in [-0.1, -0.05) is 60.8 Å². The molecule has 3 atom stereocenters. The maximum absolute atomic E-state index is 12.5. The maximum Gasteiger partial charge on any atom is 0.330 e. The molecule has 0 radical (unpaired) electrons. The number of rotatable bonds is 12. The highest BCUT2D eigenvalue weighted by atomic mass is 35.5. The summed E-state index contributed by atoms with van der Waals surface area (Å²) in [6.45, 7) is 4.97. The van der Waals surface area contributed by atoms with Crippen molar-refractivity contribution in [3.8, 4) is 5.75 Å². The van der Waals surface area contributed by atoms with E-state index in [1.165, 1.54) is 16.7 Å². The molecule has 0 bridgehead atoms. The molecule has 3 unspecified atom stereocenters. The molecular formula is C25H25ClN2O5S. The van der Waals surface area contributed by atoms with Gasteiger partial charge >= 0.3 is 5.97 Å². The lowest BCUT2D eigenvalue weighted by Crippen LogP contribution is -2.66. The number of ether oxygens (including phenoxy) is 2. The van der Waals surface area contributed by atoms with Crippen molar-refractivity contribution < 1.29 is 24.2 Å². The summed E-state index contributed by atoms with van der Waals surface area (Å²) in [7, 11) is 0. The van der Waals surface area contributed by atoms with E-state index in [1.807, 2.05) is 54.6 Å². The van der Waals surface area contributed by atoms with Gasteiger partial charge in [0.1, 0.15) is 17.7 Å². The Morgan fingerprint density at radius 1 is 1.18 bits per heavy atom. The Hall–Kier alpha value is -2.81. The van der Waals surface area contributed by atoms with Gasteiger partial charge in [0.2, 0.25) is 0 Å². The molecule has 0 aromatic heterocycles. The second-order valence-corrected chi connectivity index (χ2v) is 9.44. The number of amides is 1. The van der Waals surface area contributed by atoms with Gasteiger partial charge in [0, 0.05) is 5.88 Å². The third-order valence-electron chi connectivity index (χ3n) is 5.57. The van der Waals surface area contributed by atoms with Crippen LogP contribution < -0.4 is 4.74 Å². The summed E-state index contributed by atoms with van der Waals surface area (Å²) in [6, 6.07) is 16.2. The minimum absolute atomic E-state index is 0.0296. The van der Waals surface area contributed by atoms with E-state index in [2.05, 4.69) is 11.6 Å². The molecule has 7 nitrogen and oxygen atoms in total. The number of carbonyl (C=O) groups excluding carboxylic acids is 1. The number of hydrogen-bond donors (Lipinski definition) is 1. The molecule has 2 heterocycles. The Balaban J connectivity index is 1.23. The van der Waals surface area contributed by atoms with Crippen molar-refractivity contribution in [1.82, 2.24) is 4.90 Å². The number of aliphatic carboxylic acids is 1. The zero-order chi connectivity index (χ0) is 24.1. The fraction of sp³-hybridized carbons (Fsp3) is 0.320. The summed E-state index contributed by atoms with van der Waals surface area (Å²) in [6.07, 6.45) is 0.703. The highest BCUT2D eigenvalue weighted by Gasteiger charge is 2.56. The van der Waals surface area contributed by atoms with Crippen LogP contribution in [0.2, 0.25) is 0 Å². The molecule has 4 rings (SSSR count). The number of aliphatic imine (C=N–C) groups is 1. The number of hydrogen-bond acceptors (Lipinski definition) is 6. The fourth-order valence-corrected chi connectivity index (χ4v) is 5.22. The number of halogens is 1. The summed E-state index contributed by atoms with van der Waals surface area (Å²) in [5.41, 5.74) is 2.48. The van der Waals surface area contributed by atoms with Gasteiger partial charge in [-0.2, -0.15) is 0 Å². The number of carbonyl (C=O) groups is 2. The van der Waals surface area contributed by atoms with Crippen LogP contribution in [-0.2, 0) is 27.4 Å². The van der Waals surface area contributed by atoms with Crippen molar-refractivity contribution in [3.63, 3.8) is 0 Å². The quantitative estimate of drug-likeness (QED) is 0.207. The van der Waals surface area contributed by atoms with Crippen LogP contribution in [0.1, 0.15) is 11.1 Å². The molecule has 1 amide bonds. The van der Waals surface area contributed by atoms with E-state index in [4.69, 9.17) is 21.1 Å². The molecule has 34 heavy (non-hydrogen) atoms. The highest BCUT2D eigenvalue weighted by Crippen LogP contribution is 2.41. The zero-order valence-electron chi connectivity index (χ0n) is 18.4. The van der Waals surface area contributed by atoms with Gasteiger partial charge in [0.15, 0.2) is 12.1 Å². The first kappa shape index (κ1) is 24.3. The van der Waals surface area contributed by atoms with Crippen molar-refractivity contribution in [2.24, 2.45) is 4.99 Å². The van der Waals surface area contributed by atoms with E-state index in [0.717, 1.165) is 16.9 Å². The lowest BCUT2D eigenvalue weighted by molar-refractivity contribution is -0.157. The molecule has 2 aromatic rings. The normalized spacial score (nSPS) is 19.7. The number of carboxylic acid groups (broad SMARTS) is 1. The Morgan fingerprint density at radius 3 is 2.68 bits per heavy atom. The molecule has 178 valence electrons. The number of thioether (sulfide) groups is 1. The first-order chi connectivity index (χ1) is 16.5. The van der Waals surface area contributed by atoms with Crippen LogP contribution in [0.4, 0.5) is 0 Å². The van der Waals surface area contributed by atoms with Crippen LogP contribution in [0.3, 0.4) is 0 Å². The van der Waals surface area contributed by atoms with Crippen LogP contribution in [0, 0.1) is 0 Å². The number of β-lactam (4-membered cyclic amide) rings is 1. The first-order valence-corrected chi connectivity index (χ1v) is 12.2. The Bertz CT molecular complexity index is 1090. The van der Waals surface area contributed by atoms with E-state index in [0.29, 0.717) is 24.7 Å². The van der Waals surface area contributed by atoms with Crippen molar-refractivity contribution in [1.29, 1.82) is 0 Å². The minimum Gasteiger partial charge on any atom is -0.489 e. The average molecular weight is 501 g/mol. The number of alkyl halides is 1. The molecule has 9 heteroatoms. The van der Waals surface area contributed by atoms with Gasteiger partial charge in [0.25, 0.3) is 5.91 Å². The SMILES string of the molecule is C=C(CCl)C(C(=O)O)N1C(=O)C2N=C(COCCc3cccc(OCc4ccccc4)c3)SC21. The Morgan fingerprint density at radius 2 is 1.94 bits per heavy atom. The summed E-state index contributed by atoms with van der Waals surface area (Å²) in [5.74, 6) is -0.687. The number of likely N-dealkylation sites (tertiary alicyclic amines) is 1. The highest BCUT2D eigenvalue weighted by molar-refractivity contribution is 8.15. The number of nitrogens with zero attached hydrogens (tertiary/aromatic N) is 2. The zero-order valence-corrected chi connectivity index (χ0v) is 20.0. The topological polar surface area (TPSA) is 88.4 Å². The smallest absolute Gasteiger partial charge is 0.330 e. The van der Waals surface area contributed by atoms with Crippen LogP contribution in [0.25, 0.3) is 0 Å². The summed E-state index contributed by atoms with van der Waals surface area (Å²) < 4.78 is 11.7. The van der Waals surface area contributed by atoms with Crippen molar-refractivity contribution in [2.45, 2.75) is 30.5 Å². The predicted octanol–water partition coefficient (Wildman–Crippen LogP) is 3.76. The lowest BCUT2D eigenvalue weighted by Gasteiger charge is -2.44. The minimum atomic E-state index is -1.14. The van der Waals surface area contributed by atoms with Crippen LogP contribution >= 0.6 is 23.4 Å². The van der Waals surface area contributed by atoms with E-state index in [-0.39, 0.29) is 29.3 Å². The molecule has 0 aliphatic carbocycles. The largest absolute Gasteiger partial charge is 0.489 e. The third kappa shape index (κ3) is 5.46. The van der Waals surface area contributed by atoms with Gasteiger partial charge in [0.05, 0.1) is 18.3 Å². The fourth-order valence-electron chi connectivity index (χ4n) is 3.83. The Labute approximate surface area is 207 Å². The third-order valence-corrected chi connectivity index (χ3v) is 7.13. The molecule has 1 saturated heterocycles. The molecule has 0 saturated carbocycles. The summed E-state index contributed by atoms with van der Waals surface area (Å²) in [5, 5.41) is 9.84. The van der Waals surface area contributed by atoms with Crippen LogP contribution in [-0.4, -0.2) is 63.5 Å². The first-order valence-electron chi connectivity index (χ1n) is 10.8. The lowest BCUT2D eigenvalue weighted by atomic mass is 10.00. The molecule has 1 N–H and O–H groups in total. The van der Waals surface area contributed by atoms with E-state index in [9.17, 15) is 14.7 Å². The van der Waals surface area contributed by atoms with Gasteiger partial charge in [-0.25, -0.2) is 4.79 Å². The van der Waals surface area contributed by atoms with Gasteiger partial charge < -0.3 is 19.5 Å². The summed E-state index contributed by atoms with van der Waals surface area (Å²) >= 11 is 7.12. The predicted molar refractivity (Wildman–Crippen MR) is 132 cm³/mol. The number of carboxylic acids is 1. The molecular weight excluding hydrogens is 476 g/mol. The monoisotopic (exact) mass is 500 g/mol. The molecule has 2 aliphatic heterocycles. The van der Waals surface area contributed by atoms with Crippen LogP contribution in [0.5, 0.6) is 5.75 Å². The molecule has 2 aliphatic rings. The molecule has 0 spiro atoms. The Kier molecular flexibility index (Phi) is 7.92. The summed E-state index contributed by atoms with van der Waals surface area (Å²) in [4.78, 5) is 29.8. The molecule has 1 fully saturated rings. The number of benzene rings is 2. The van der Waals surface area contributed by atoms with Crippen molar-refractivity contribution in [3.05, 3.63) is 77.9 Å². The second-order valence-electron chi connectivity index (χ2n) is 7.98. The molecule has 2 aromatic carbocycles. The number of fused-ring (bicyclic) bond motifs is 1. The maximum atomic E-state index is 12.5. The average Bonchev–Trinajstić information content (AvgIpc) is 3.23. The van der Waals surface area contributed by atoms with Gasteiger partial charge in [-0.3, -0.25) is 9.79 Å². The van der Waals surface area contributed by atoms with Gasteiger partial charge in [-0.15, -0.1) is 11.6 Å². The standard InChI is InChI=1S/C25H25ClN2O5S/c1-16(13-26)22(25(30)31)28-23(29)21-24(28)34-20(27-21)15-32-11-10-17-8-5-9-19(12-17)33-14-18-6-3-2-4-7-18/h2-9,12,21-22,24H,1,10-11,13-15H2,(H,30,31). The van der Waals surface area contributed by atoms with Crippen LogP contribution in [0.15, 0.2) is 71.7 Å².